The first-order valence-corrected chi connectivity index (χ1v) is 6.81. The van der Waals surface area contributed by atoms with Crippen LogP contribution in [-0.4, -0.2) is 11.0 Å². The maximum atomic E-state index is 4.32. The number of aromatic nitrogens is 1. The molecule has 0 aliphatic rings. The second-order valence-electron chi connectivity index (χ2n) is 4.46. The molecule has 0 bridgehead atoms. The summed E-state index contributed by atoms with van der Waals surface area (Å²) in [6.07, 6.45) is 2.80. The molecular formula is C14H18N2S. The molecule has 0 radical (unpaired) electrons. The van der Waals surface area contributed by atoms with Gasteiger partial charge in [-0.25, -0.2) is 4.98 Å². The van der Waals surface area contributed by atoms with Crippen LogP contribution < -0.4 is 5.32 Å². The maximum Gasteiger partial charge on any atom is 0.0968 e. The fourth-order valence-electron chi connectivity index (χ4n) is 1.69. The van der Waals surface area contributed by atoms with Crippen LogP contribution >= 0.6 is 11.3 Å². The van der Waals surface area contributed by atoms with Crippen LogP contribution in [0.4, 0.5) is 0 Å². The summed E-state index contributed by atoms with van der Waals surface area (Å²) in [5, 5.41) is 6.64. The first-order valence-electron chi connectivity index (χ1n) is 5.93. The van der Waals surface area contributed by atoms with Gasteiger partial charge in [0.1, 0.15) is 0 Å². The number of hydrogen-bond acceptors (Lipinski definition) is 3. The van der Waals surface area contributed by atoms with Crippen molar-refractivity contribution in [2.75, 3.05) is 0 Å². The van der Waals surface area contributed by atoms with Gasteiger partial charge in [0.15, 0.2) is 0 Å². The van der Waals surface area contributed by atoms with Gasteiger partial charge in [0.25, 0.3) is 0 Å². The van der Waals surface area contributed by atoms with Gasteiger partial charge in [-0.3, -0.25) is 0 Å². The first-order chi connectivity index (χ1) is 8.24. The zero-order chi connectivity index (χ0) is 12.1. The molecule has 3 heteroatoms. The highest BCUT2D eigenvalue weighted by molar-refractivity contribution is 7.09. The largest absolute Gasteiger partial charge is 0.310 e. The van der Waals surface area contributed by atoms with Crippen molar-refractivity contribution in [3.8, 4) is 0 Å². The van der Waals surface area contributed by atoms with E-state index in [-0.39, 0.29) is 0 Å². The topological polar surface area (TPSA) is 24.9 Å². The van der Waals surface area contributed by atoms with E-state index in [1.165, 1.54) is 16.1 Å². The molecule has 1 aromatic carbocycles. The third kappa shape index (κ3) is 3.95. The standard InChI is InChI=1S/C14H18N2S/c1-11(2)16-10-13-5-3-4-12(8-13)9-14-15-6-7-17-14/h3-8,11,16H,9-10H2,1-2H3. The van der Waals surface area contributed by atoms with Crippen LogP contribution in [0.3, 0.4) is 0 Å². The van der Waals surface area contributed by atoms with Gasteiger partial charge in [-0.2, -0.15) is 0 Å². The highest BCUT2D eigenvalue weighted by Crippen LogP contribution is 2.13. The van der Waals surface area contributed by atoms with Gasteiger partial charge < -0.3 is 5.32 Å². The molecule has 0 amide bonds. The molecular weight excluding hydrogens is 228 g/mol. The lowest BCUT2D eigenvalue weighted by molar-refractivity contribution is 0.588. The molecule has 0 aliphatic carbocycles. The molecule has 90 valence electrons. The quantitative estimate of drug-likeness (QED) is 0.876. The highest BCUT2D eigenvalue weighted by Gasteiger charge is 2.00. The van der Waals surface area contributed by atoms with Crippen LogP contribution in [0.1, 0.15) is 30.0 Å². The monoisotopic (exact) mass is 246 g/mol. The fourth-order valence-corrected chi connectivity index (χ4v) is 2.34. The van der Waals surface area contributed by atoms with E-state index in [1.54, 1.807) is 11.3 Å². The normalized spacial score (nSPS) is 11.0. The van der Waals surface area contributed by atoms with E-state index in [1.807, 2.05) is 11.6 Å². The van der Waals surface area contributed by atoms with Gasteiger partial charge in [0, 0.05) is 30.6 Å². The number of thiazole rings is 1. The van der Waals surface area contributed by atoms with E-state index in [4.69, 9.17) is 0 Å². The molecule has 0 saturated carbocycles. The number of hydrogen-bond donors (Lipinski definition) is 1. The zero-order valence-electron chi connectivity index (χ0n) is 10.3. The number of benzene rings is 1. The molecule has 2 aromatic rings. The number of nitrogens with one attached hydrogen (secondary N) is 1. The van der Waals surface area contributed by atoms with Gasteiger partial charge in [0.05, 0.1) is 5.01 Å². The Morgan fingerprint density at radius 2 is 2.12 bits per heavy atom. The molecule has 2 rings (SSSR count). The highest BCUT2D eigenvalue weighted by atomic mass is 32.1. The molecule has 0 aliphatic heterocycles. The van der Waals surface area contributed by atoms with E-state index in [9.17, 15) is 0 Å². The SMILES string of the molecule is CC(C)NCc1cccc(Cc2nccs2)c1. The summed E-state index contributed by atoms with van der Waals surface area (Å²) in [6.45, 7) is 5.27. The average Bonchev–Trinajstić information content (AvgIpc) is 2.80. The minimum atomic E-state index is 0.526. The molecule has 1 heterocycles. The molecule has 0 saturated heterocycles. The lowest BCUT2D eigenvalue weighted by atomic mass is 10.1. The van der Waals surface area contributed by atoms with E-state index in [2.05, 4.69) is 48.4 Å². The molecule has 0 fully saturated rings. The Hall–Kier alpha value is -1.19. The summed E-state index contributed by atoms with van der Waals surface area (Å²) in [4.78, 5) is 4.32. The average molecular weight is 246 g/mol. The van der Waals surface area contributed by atoms with Crippen molar-refractivity contribution in [1.82, 2.24) is 10.3 Å². The van der Waals surface area contributed by atoms with Crippen LogP contribution in [0.5, 0.6) is 0 Å². The molecule has 17 heavy (non-hydrogen) atoms. The Labute approximate surface area is 107 Å². The summed E-state index contributed by atoms with van der Waals surface area (Å²) < 4.78 is 0. The predicted octanol–water partition coefficient (Wildman–Crippen LogP) is 3.23. The van der Waals surface area contributed by atoms with Crippen LogP contribution in [0.15, 0.2) is 35.8 Å². The van der Waals surface area contributed by atoms with Crippen molar-refractivity contribution >= 4 is 11.3 Å². The zero-order valence-corrected chi connectivity index (χ0v) is 11.1. The molecule has 0 atom stereocenters. The van der Waals surface area contributed by atoms with Crippen molar-refractivity contribution < 1.29 is 0 Å². The van der Waals surface area contributed by atoms with Crippen molar-refractivity contribution in [3.05, 3.63) is 52.0 Å². The lowest BCUT2D eigenvalue weighted by Gasteiger charge is -2.09. The second kappa shape index (κ2) is 5.94. The van der Waals surface area contributed by atoms with Gasteiger partial charge in [0.2, 0.25) is 0 Å². The number of nitrogens with zero attached hydrogens (tertiary/aromatic N) is 1. The van der Waals surface area contributed by atoms with Gasteiger partial charge in [-0.15, -0.1) is 11.3 Å². The van der Waals surface area contributed by atoms with Crippen molar-refractivity contribution in [3.63, 3.8) is 0 Å². The van der Waals surface area contributed by atoms with Gasteiger partial charge in [-0.05, 0) is 11.1 Å². The van der Waals surface area contributed by atoms with Gasteiger partial charge in [-0.1, -0.05) is 38.1 Å². The Morgan fingerprint density at radius 3 is 2.82 bits per heavy atom. The molecule has 0 spiro atoms. The van der Waals surface area contributed by atoms with Gasteiger partial charge >= 0.3 is 0 Å². The third-order valence-electron chi connectivity index (χ3n) is 2.54. The lowest BCUT2D eigenvalue weighted by Crippen LogP contribution is -2.21. The Morgan fingerprint density at radius 1 is 1.29 bits per heavy atom. The smallest absolute Gasteiger partial charge is 0.0968 e. The third-order valence-corrected chi connectivity index (χ3v) is 3.32. The van der Waals surface area contributed by atoms with E-state index in [0.29, 0.717) is 6.04 Å². The van der Waals surface area contributed by atoms with Crippen LogP contribution in [0, 0.1) is 0 Å². The van der Waals surface area contributed by atoms with E-state index < -0.39 is 0 Å². The maximum absolute atomic E-state index is 4.32. The molecule has 2 nitrogen and oxygen atoms in total. The Bertz CT molecular complexity index is 449. The summed E-state index contributed by atoms with van der Waals surface area (Å²) in [5.41, 5.74) is 2.68. The van der Waals surface area contributed by atoms with E-state index >= 15 is 0 Å². The van der Waals surface area contributed by atoms with Crippen LogP contribution in [-0.2, 0) is 13.0 Å². The molecule has 1 N–H and O–H groups in total. The second-order valence-corrected chi connectivity index (χ2v) is 5.44. The molecule has 1 aromatic heterocycles. The van der Waals surface area contributed by atoms with Crippen molar-refractivity contribution in [2.24, 2.45) is 0 Å². The minimum absolute atomic E-state index is 0.526. The van der Waals surface area contributed by atoms with Crippen LogP contribution in [0.2, 0.25) is 0 Å². The number of rotatable bonds is 5. The fraction of sp³-hybridized carbons (Fsp3) is 0.357. The van der Waals surface area contributed by atoms with E-state index in [0.717, 1.165) is 13.0 Å². The Kier molecular flexibility index (Phi) is 4.29. The Balaban J connectivity index is 2.01. The van der Waals surface area contributed by atoms with Crippen LogP contribution in [0.25, 0.3) is 0 Å². The molecule has 0 unspecified atom stereocenters. The first kappa shape index (κ1) is 12.3. The van der Waals surface area contributed by atoms with Crippen molar-refractivity contribution in [1.29, 1.82) is 0 Å². The summed E-state index contributed by atoms with van der Waals surface area (Å²) in [5.74, 6) is 0. The summed E-state index contributed by atoms with van der Waals surface area (Å²) in [6, 6.07) is 9.25. The van der Waals surface area contributed by atoms with Crippen molar-refractivity contribution in [2.45, 2.75) is 32.9 Å². The summed E-state index contributed by atoms with van der Waals surface area (Å²) in [7, 11) is 0. The summed E-state index contributed by atoms with van der Waals surface area (Å²) >= 11 is 1.72. The predicted molar refractivity (Wildman–Crippen MR) is 73.3 cm³/mol. The minimum Gasteiger partial charge on any atom is -0.310 e.